The first-order valence-electron chi connectivity index (χ1n) is 8.67. The van der Waals surface area contributed by atoms with Crippen LogP contribution in [0.2, 0.25) is 0 Å². The fraction of sp³-hybridized carbons (Fsp3) is 0.300. The van der Waals surface area contributed by atoms with Crippen molar-refractivity contribution in [2.75, 3.05) is 5.32 Å². The number of amides is 1. The van der Waals surface area contributed by atoms with Gasteiger partial charge in [0.1, 0.15) is 0 Å². The number of carbonyl (C=O) groups is 3. The lowest BCUT2D eigenvalue weighted by molar-refractivity contribution is -0.159. The molecule has 2 aromatic rings. The van der Waals surface area contributed by atoms with Gasteiger partial charge in [0.2, 0.25) is 5.91 Å². The van der Waals surface area contributed by atoms with E-state index in [-0.39, 0.29) is 24.7 Å². The Bertz CT molecular complexity index is 787. The van der Waals surface area contributed by atoms with Crippen molar-refractivity contribution >= 4 is 23.5 Å². The maximum Gasteiger partial charge on any atom is 0.313 e. The van der Waals surface area contributed by atoms with Crippen LogP contribution in [0.3, 0.4) is 0 Å². The molecule has 1 N–H and O–H groups in total. The van der Waals surface area contributed by atoms with Gasteiger partial charge in [-0.3, -0.25) is 19.4 Å². The second kappa shape index (κ2) is 8.38. The molecule has 3 rings (SSSR count). The Morgan fingerprint density at radius 1 is 1.00 bits per heavy atom. The van der Waals surface area contributed by atoms with Gasteiger partial charge in [-0.25, -0.2) is 0 Å². The minimum absolute atomic E-state index is 0.0719. The number of anilines is 1. The van der Waals surface area contributed by atoms with Gasteiger partial charge in [0.05, 0.1) is 5.69 Å². The minimum atomic E-state index is -0.561. The van der Waals surface area contributed by atoms with Gasteiger partial charge in [-0.2, -0.15) is 0 Å². The maximum atomic E-state index is 12.5. The van der Waals surface area contributed by atoms with E-state index >= 15 is 0 Å². The van der Waals surface area contributed by atoms with Crippen LogP contribution >= 0.6 is 0 Å². The summed E-state index contributed by atoms with van der Waals surface area (Å²) in [5, 5.41) is 2.89. The molecular weight excluding hydrogens is 332 g/mol. The number of nitrogens with one attached hydrogen (secondary N) is 1. The molecule has 1 unspecified atom stereocenters. The minimum Gasteiger partial charge on any atom is -0.393 e. The molecule has 1 saturated heterocycles. The summed E-state index contributed by atoms with van der Waals surface area (Å²) in [6.07, 6.45) is 3.43. The molecule has 1 amide bonds. The molecule has 0 bridgehead atoms. The Labute approximate surface area is 151 Å². The van der Waals surface area contributed by atoms with Crippen LogP contribution in [0.5, 0.6) is 0 Å². The van der Waals surface area contributed by atoms with Gasteiger partial charge < -0.3 is 10.1 Å². The topological polar surface area (TPSA) is 85.4 Å². The molecule has 0 radical (unpaired) electrons. The van der Waals surface area contributed by atoms with E-state index in [0.29, 0.717) is 24.9 Å². The molecule has 1 atom stereocenters. The predicted octanol–water partition coefficient (Wildman–Crippen LogP) is 3.34. The van der Waals surface area contributed by atoms with Gasteiger partial charge in [-0.05, 0) is 43.5 Å². The second-order valence-corrected chi connectivity index (χ2v) is 6.26. The zero-order valence-corrected chi connectivity index (χ0v) is 14.3. The lowest BCUT2D eigenvalue weighted by atomic mass is 9.96. The molecule has 134 valence electrons. The summed E-state index contributed by atoms with van der Waals surface area (Å²) < 4.78 is 4.66. The number of ether oxygens (including phenoxy) is 1. The van der Waals surface area contributed by atoms with E-state index in [1.165, 1.54) is 0 Å². The Morgan fingerprint density at radius 2 is 1.77 bits per heavy atom. The van der Waals surface area contributed by atoms with Gasteiger partial charge in [0, 0.05) is 36.2 Å². The van der Waals surface area contributed by atoms with Crippen molar-refractivity contribution in [1.29, 1.82) is 0 Å². The molecule has 26 heavy (non-hydrogen) atoms. The molecule has 1 aromatic carbocycles. The highest BCUT2D eigenvalue weighted by atomic mass is 16.6. The number of nitrogens with zero attached hydrogens (tertiary/aromatic N) is 1. The first-order chi connectivity index (χ1) is 12.6. The van der Waals surface area contributed by atoms with Crippen molar-refractivity contribution in [3.63, 3.8) is 0 Å². The molecule has 6 heteroatoms. The third-order valence-electron chi connectivity index (χ3n) is 4.34. The van der Waals surface area contributed by atoms with Crippen LogP contribution in [-0.4, -0.2) is 22.8 Å². The van der Waals surface area contributed by atoms with Crippen LogP contribution in [0.4, 0.5) is 5.69 Å². The van der Waals surface area contributed by atoms with Crippen LogP contribution in [0.25, 0.3) is 11.3 Å². The quantitative estimate of drug-likeness (QED) is 0.676. The largest absolute Gasteiger partial charge is 0.393 e. The highest BCUT2D eigenvalue weighted by molar-refractivity contribution is 5.93. The highest BCUT2D eigenvalue weighted by Gasteiger charge is 2.23. The van der Waals surface area contributed by atoms with Gasteiger partial charge in [0.15, 0.2) is 0 Å². The monoisotopic (exact) mass is 352 g/mol. The van der Waals surface area contributed by atoms with Crippen LogP contribution < -0.4 is 5.32 Å². The van der Waals surface area contributed by atoms with Crippen LogP contribution in [-0.2, 0) is 19.1 Å². The van der Waals surface area contributed by atoms with Crippen LogP contribution in [0, 0.1) is 5.92 Å². The van der Waals surface area contributed by atoms with Crippen molar-refractivity contribution in [2.45, 2.75) is 32.1 Å². The lowest BCUT2D eigenvalue weighted by Crippen LogP contribution is -2.23. The van der Waals surface area contributed by atoms with E-state index in [0.717, 1.165) is 11.3 Å². The summed E-state index contributed by atoms with van der Waals surface area (Å²) in [5.41, 5.74) is 2.52. The van der Waals surface area contributed by atoms with E-state index < -0.39 is 11.9 Å². The van der Waals surface area contributed by atoms with Crippen molar-refractivity contribution < 1.29 is 19.1 Å². The third kappa shape index (κ3) is 4.75. The molecule has 2 heterocycles. The average Bonchev–Trinajstić information content (AvgIpc) is 2.73. The van der Waals surface area contributed by atoms with E-state index in [4.69, 9.17) is 0 Å². The molecule has 1 aliphatic heterocycles. The summed E-state index contributed by atoms with van der Waals surface area (Å²) in [6.45, 7) is 0. The smallest absolute Gasteiger partial charge is 0.313 e. The average molecular weight is 352 g/mol. The second-order valence-electron chi connectivity index (χ2n) is 6.26. The molecule has 6 nitrogen and oxygen atoms in total. The molecule has 0 spiro atoms. The number of aromatic nitrogens is 1. The van der Waals surface area contributed by atoms with E-state index in [9.17, 15) is 14.4 Å². The summed E-state index contributed by atoms with van der Waals surface area (Å²) >= 11 is 0. The normalized spacial score (nSPS) is 18.2. The molecule has 1 aromatic heterocycles. The van der Waals surface area contributed by atoms with Crippen LogP contribution in [0.15, 0.2) is 48.7 Å². The zero-order valence-electron chi connectivity index (χ0n) is 14.3. The first-order valence-corrected chi connectivity index (χ1v) is 8.67. The summed E-state index contributed by atoms with van der Waals surface area (Å²) in [6, 6.07) is 13.2. The lowest BCUT2D eigenvalue weighted by Gasteiger charge is -2.15. The number of pyridine rings is 1. The summed E-state index contributed by atoms with van der Waals surface area (Å²) in [5.74, 6) is -1.53. The number of hydrogen-bond acceptors (Lipinski definition) is 5. The van der Waals surface area contributed by atoms with Crippen molar-refractivity contribution in [3.05, 3.63) is 48.7 Å². The summed E-state index contributed by atoms with van der Waals surface area (Å²) in [7, 11) is 0. The van der Waals surface area contributed by atoms with Crippen LogP contribution in [0.1, 0.15) is 32.1 Å². The van der Waals surface area contributed by atoms with E-state index in [1.54, 1.807) is 6.20 Å². The first kappa shape index (κ1) is 17.8. The number of benzene rings is 1. The van der Waals surface area contributed by atoms with Gasteiger partial charge in [-0.15, -0.1) is 0 Å². The van der Waals surface area contributed by atoms with Crippen molar-refractivity contribution in [2.24, 2.45) is 5.92 Å². The van der Waals surface area contributed by atoms with Gasteiger partial charge in [0.25, 0.3) is 0 Å². The molecular formula is C20H20N2O4. The standard InChI is InChI=1S/C20H20N2O4/c23-18-6-3-4-15(9-12-19(24)26-18)20(25)22-16-10-7-14(8-11-16)17-5-1-2-13-21-17/h1-2,5,7-8,10-11,13,15H,3-4,6,9,12H2,(H,22,25). The number of hydrogen-bond donors (Lipinski definition) is 1. The highest BCUT2D eigenvalue weighted by Crippen LogP contribution is 2.22. The number of carbonyl (C=O) groups excluding carboxylic acids is 3. The fourth-order valence-corrected chi connectivity index (χ4v) is 2.92. The van der Waals surface area contributed by atoms with E-state index in [1.807, 2.05) is 42.5 Å². The number of esters is 2. The molecule has 1 fully saturated rings. The SMILES string of the molecule is O=C1CCCC(C(=O)Nc2ccc(-c3ccccn3)cc2)CCC(=O)O1. The Hall–Kier alpha value is -3.02. The molecule has 0 saturated carbocycles. The van der Waals surface area contributed by atoms with Crippen molar-refractivity contribution in [3.8, 4) is 11.3 Å². The third-order valence-corrected chi connectivity index (χ3v) is 4.34. The Morgan fingerprint density at radius 3 is 2.50 bits per heavy atom. The van der Waals surface area contributed by atoms with Gasteiger partial charge in [-0.1, -0.05) is 18.2 Å². The fourth-order valence-electron chi connectivity index (χ4n) is 2.92. The van der Waals surface area contributed by atoms with Gasteiger partial charge >= 0.3 is 11.9 Å². The van der Waals surface area contributed by atoms with Crippen molar-refractivity contribution in [1.82, 2.24) is 4.98 Å². The predicted molar refractivity (Wildman–Crippen MR) is 96.0 cm³/mol. The Kier molecular flexibility index (Phi) is 5.73. The Balaban J connectivity index is 1.63. The summed E-state index contributed by atoms with van der Waals surface area (Å²) in [4.78, 5) is 39.7. The zero-order chi connectivity index (χ0) is 18.4. The molecule has 1 aliphatic rings. The number of cyclic esters (lactones) is 2. The molecule has 0 aliphatic carbocycles. The number of rotatable bonds is 3. The maximum absolute atomic E-state index is 12.5. The van der Waals surface area contributed by atoms with E-state index in [2.05, 4.69) is 15.0 Å².